The summed E-state index contributed by atoms with van der Waals surface area (Å²) in [6.45, 7) is -0.579. The van der Waals surface area contributed by atoms with E-state index in [-0.39, 0.29) is 39.1 Å². The molecule has 21 heavy (non-hydrogen) atoms. The number of aliphatic hydroxyl groups is 5. The van der Waals surface area contributed by atoms with Gasteiger partial charge < -0.3 is 41.3 Å². The van der Waals surface area contributed by atoms with Gasteiger partial charge in [-0.25, -0.2) is 0 Å². The lowest BCUT2D eigenvalue weighted by Crippen LogP contribution is -2.42. The van der Waals surface area contributed by atoms with Gasteiger partial charge in [-0.3, -0.25) is 4.79 Å². The smallest absolute Gasteiger partial charge is 0.320 e. The summed E-state index contributed by atoms with van der Waals surface area (Å²) in [4.78, 5) is 11.0. The molecular formula is C12H26N2O7. The van der Waals surface area contributed by atoms with E-state index < -0.39 is 36.9 Å². The number of nitrogens with one attached hydrogen (secondary N) is 2. The highest BCUT2D eigenvalue weighted by Gasteiger charge is 2.19. The van der Waals surface area contributed by atoms with Crippen LogP contribution in [0.5, 0.6) is 0 Å². The monoisotopic (exact) mass is 310 g/mol. The summed E-state index contributed by atoms with van der Waals surface area (Å²) in [5.74, 6) is -1.10. The minimum absolute atomic E-state index is 0.0511. The third-order valence-electron chi connectivity index (χ3n) is 2.87. The molecule has 0 heterocycles. The molecule has 0 spiro atoms. The number of carboxylic acids is 1. The van der Waals surface area contributed by atoms with Gasteiger partial charge in [-0.15, -0.1) is 0 Å². The summed E-state index contributed by atoms with van der Waals surface area (Å²) in [6, 6.07) is -0.927. The zero-order valence-electron chi connectivity index (χ0n) is 11.9. The Morgan fingerprint density at radius 2 is 1.38 bits per heavy atom. The van der Waals surface area contributed by atoms with Crippen molar-refractivity contribution in [2.24, 2.45) is 0 Å². The molecule has 0 aliphatic heterocycles. The molecule has 2 unspecified atom stereocenters. The van der Waals surface area contributed by atoms with Gasteiger partial charge in [-0.1, -0.05) is 0 Å². The van der Waals surface area contributed by atoms with Gasteiger partial charge in [-0.2, -0.15) is 0 Å². The third kappa shape index (κ3) is 10.5. The number of carboxylic acid groups (broad SMARTS) is 1. The molecule has 0 saturated heterocycles. The lowest BCUT2D eigenvalue weighted by Gasteiger charge is -2.18. The molecular weight excluding hydrogens is 284 g/mol. The number of rotatable bonds is 13. The van der Waals surface area contributed by atoms with Gasteiger partial charge in [0.2, 0.25) is 0 Å². The highest BCUT2D eigenvalue weighted by molar-refractivity contribution is 5.73. The van der Waals surface area contributed by atoms with Crippen LogP contribution in [0.3, 0.4) is 0 Å². The number of aliphatic hydroxyl groups excluding tert-OH is 5. The Balaban J connectivity index is 3.92. The number of hydrogen-bond acceptors (Lipinski definition) is 8. The van der Waals surface area contributed by atoms with E-state index in [1.54, 1.807) is 0 Å². The van der Waals surface area contributed by atoms with Crippen LogP contribution in [0.15, 0.2) is 0 Å². The van der Waals surface area contributed by atoms with Crippen molar-refractivity contribution >= 4 is 5.97 Å². The second-order valence-corrected chi connectivity index (χ2v) is 4.86. The van der Waals surface area contributed by atoms with Gasteiger partial charge in [0.25, 0.3) is 0 Å². The highest BCUT2D eigenvalue weighted by atomic mass is 16.4. The van der Waals surface area contributed by atoms with Gasteiger partial charge >= 0.3 is 5.97 Å². The zero-order valence-corrected chi connectivity index (χ0v) is 11.9. The quantitative estimate of drug-likeness (QED) is 0.172. The van der Waals surface area contributed by atoms with Crippen LogP contribution < -0.4 is 10.6 Å². The Kier molecular flexibility index (Phi) is 11.4. The first kappa shape index (κ1) is 20.2. The normalized spacial score (nSPS) is 17.2. The fourth-order valence-electron chi connectivity index (χ4n) is 1.60. The van der Waals surface area contributed by atoms with Crippen molar-refractivity contribution in [2.45, 2.75) is 37.2 Å². The van der Waals surface area contributed by atoms with Crippen LogP contribution in [0.2, 0.25) is 0 Å². The maximum atomic E-state index is 11.0. The van der Waals surface area contributed by atoms with E-state index in [1.165, 1.54) is 0 Å². The number of carbonyl (C=O) groups is 1. The highest BCUT2D eigenvalue weighted by Crippen LogP contribution is 2.02. The van der Waals surface area contributed by atoms with Crippen molar-refractivity contribution in [3.8, 4) is 0 Å². The van der Waals surface area contributed by atoms with Crippen LogP contribution in [0.25, 0.3) is 0 Å². The molecule has 8 N–H and O–H groups in total. The Hall–Kier alpha value is -0.810. The number of aliphatic carboxylic acids is 1. The minimum Gasteiger partial charge on any atom is -0.480 e. The maximum absolute atomic E-state index is 11.0. The molecule has 0 rings (SSSR count). The molecule has 9 heteroatoms. The van der Waals surface area contributed by atoms with E-state index in [1.807, 2.05) is 0 Å². The molecule has 126 valence electrons. The van der Waals surface area contributed by atoms with Gasteiger partial charge in [0, 0.05) is 19.6 Å². The second kappa shape index (κ2) is 11.8. The molecule has 0 fully saturated rings. The van der Waals surface area contributed by atoms with Crippen LogP contribution in [-0.4, -0.2) is 93.8 Å². The van der Waals surface area contributed by atoms with Gasteiger partial charge in [-0.05, 0) is 12.8 Å². The summed E-state index contributed by atoms with van der Waals surface area (Å²) >= 11 is 0. The summed E-state index contributed by atoms with van der Waals surface area (Å²) < 4.78 is 0. The molecule has 4 atom stereocenters. The topological polar surface area (TPSA) is 163 Å². The van der Waals surface area contributed by atoms with Gasteiger partial charge in [0.1, 0.15) is 6.04 Å². The Labute approximate surface area is 123 Å². The SMILES string of the molecule is O=C(O)[C@H](CC[C@@H](O)CNCC(O)CO)NCC(O)CO. The molecule has 0 aromatic rings. The Morgan fingerprint density at radius 3 is 1.90 bits per heavy atom. The molecule has 9 nitrogen and oxygen atoms in total. The summed E-state index contributed by atoms with van der Waals surface area (Å²) in [6.07, 6.45) is -2.35. The first-order valence-corrected chi connectivity index (χ1v) is 6.83. The van der Waals surface area contributed by atoms with Crippen molar-refractivity contribution in [2.75, 3.05) is 32.8 Å². The minimum atomic E-state index is -1.10. The molecule has 0 aliphatic carbocycles. The van der Waals surface area contributed by atoms with Gasteiger partial charge in [0.15, 0.2) is 0 Å². The van der Waals surface area contributed by atoms with E-state index in [0.717, 1.165) is 0 Å². The van der Waals surface area contributed by atoms with Crippen LogP contribution in [0.1, 0.15) is 12.8 Å². The maximum Gasteiger partial charge on any atom is 0.320 e. The molecule has 0 bridgehead atoms. The first-order chi connectivity index (χ1) is 9.90. The van der Waals surface area contributed by atoms with Crippen molar-refractivity contribution in [1.82, 2.24) is 10.6 Å². The lowest BCUT2D eigenvalue weighted by molar-refractivity contribution is -0.139. The second-order valence-electron chi connectivity index (χ2n) is 4.86. The van der Waals surface area contributed by atoms with E-state index in [9.17, 15) is 9.90 Å². The van der Waals surface area contributed by atoms with E-state index in [2.05, 4.69) is 10.6 Å². The predicted octanol–water partition coefficient (Wildman–Crippen LogP) is -3.53. The molecule has 0 aromatic heterocycles. The summed E-state index contributed by atoms with van der Waals surface area (Å²) in [5.41, 5.74) is 0. The summed E-state index contributed by atoms with van der Waals surface area (Å²) in [5, 5.41) is 59.5. The van der Waals surface area contributed by atoms with Crippen molar-refractivity contribution in [3.05, 3.63) is 0 Å². The fraction of sp³-hybridized carbons (Fsp3) is 0.917. The van der Waals surface area contributed by atoms with Crippen LogP contribution in [0.4, 0.5) is 0 Å². The average Bonchev–Trinajstić information content (AvgIpc) is 2.46. The Morgan fingerprint density at radius 1 is 0.857 bits per heavy atom. The predicted molar refractivity (Wildman–Crippen MR) is 73.7 cm³/mol. The van der Waals surface area contributed by atoms with Crippen molar-refractivity contribution < 1.29 is 35.4 Å². The molecule has 0 saturated carbocycles. The lowest BCUT2D eigenvalue weighted by atomic mass is 10.1. The average molecular weight is 310 g/mol. The van der Waals surface area contributed by atoms with Crippen LogP contribution in [-0.2, 0) is 4.79 Å². The van der Waals surface area contributed by atoms with Gasteiger partial charge in [0.05, 0.1) is 31.5 Å². The zero-order chi connectivity index (χ0) is 16.3. The number of hydrogen-bond donors (Lipinski definition) is 8. The largest absolute Gasteiger partial charge is 0.480 e. The van der Waals surface area contributed by atoms with Crippen LogP contribution in [0, 0.1) is 0 Å². The van der Waals surface area contributed by atoms with E-state index in [0.29, 0.717) is 0 Å². The Bertz CT molecular complexity index is 280. The summed E-state index contributed by atoms with van der Waals surface area (Å²) in [7, 11) is 0. The van der Waals surface area contributed by atoms with Crippen LogP contribution >= 0.6 is 0 Å². The standard InChI is InChI=1S/C12H26N2O7/c15-6-9(18)4-13-3-8(17)1-2-11(12(20)21)14-5-10(19)7-16/h8-11,13-19H,1-7H2,(H,20,21)/t8-,9?,10?,11+/m1/s1. The fourth-order valence-corrected chi connectivity index (χ4v) is 1.60. The molecule has 0 aliphatic rings. The molecule has 0 radical (unpaired) electrons. The van der Waals surface area contributed by atoms with E-state index in [4.69, 9.17) is 25.5 Å². The van der Waals surface area contributed by atoms with Crippen molar-refractivity contribution in [1.29, 1.82) is 0 Å². The van der Waals surface area contributed by atoms with Crippen molar-refractivity contribution in [3.63, 3.8) is 0 Å². The molecule has 0 amide bonds. The third-order valence-corrected chi connectivity index (χ3v) is 2.87. The first-order valence-electron chi connectivity index (χ1n) is 6.83. The molecule has 0 aromatic carbocycles. The van der Waals surface area contributed by atoms with E-state index >= 15 is 0 Å².